The summed E-state index contributed by atoms with van der Waals surface area (Å²) in [7, 11) is 0. The Hall–Kier alpha value is -3.54. The summed E-state index contributed by atoms with van der Waals surface area (Å²) in [4.78, 5) is 32.4. The Balaban J connectivity index is 1.77. The average molecular weight is 360 g/mol. The minimum absolute atomic E-state index is 0.0620. The summed E-state index contributed by atoms with van der Waals surface area (Å²) >= 11 is 0. The summed E-state index contributed by atoms with van der Waals surface area (Å²) in [5.74, 6) is -0.0954. The number of nitrogens with one attached hydrogen (secondary N) is 2. The van der Waals surface area contributed by atoms with Crippen LogP contribution in [0, 0.1) is 13.8 Å². The molecule has 0 saturated carbocycles. The van der Waals surface area contributed by atoms with Crippen molar-refractivity contribution in [2.24, 2.45) is 0 Å². The number of rotatable bonds is 5. The summed E-state index contributed by atoms with van der Waals surface area (Å²) in [6.07, 6.45) is 1.53. The first-order valence-electron chi connectivity index (χ1n) is 8.52. The van der Waals surface area contributed by atoms with Gasteiger partial charge in [-0.2, -0.15) is 0 Å². The second-order valence-corrected chi connectivity index (χ2v) is 6.30. The molecule has 1 heterocycles. The predicted molar refractivity (Wildman–Crippen MR) is 106 cm³/mol. The zero-order valence-corrected chi connectivity index (χ0v) is 15.4. The van der Waals surface area contributed by atoms with Gasteiger partial charge < -0.3 is 10.6 Å². The second-order valence-electron chi connectivity index (χ2n) is 6.30. The fourth-order valence-electron chi connectivity index (χ4n) is 2.63. The van der Waals surface area contributed by atoms with Crippen molar-refractivity contribution in [3.8, 4) is 0 Å². The molecule has 0 aliphatic carbocycles. The summed E-state index contributed by atoms with van der Waals surface area (Å²) in [6.45, 7) is 5.50. The van der Waals surface area contributed by atoms with Crippen molar-refractivity contribution in [2.75, 3.05) is 10.6 Å². The Kier molecular flexibility index (Phi) is 5.26. The van der Waals surface area contributed by atoms with E-state index in [1.165, 1.54) is 24.8 Å². The highest BCUT2D eigenvalue weighted by Gasteiger charge is 2.11. The van der Waals surface area contributed by atoms with Gasteiger partial charge in [-0.3, -0.25) is 9.59 Å². The molecule has 0 aliphatic rings. The van der Waals surface area contributed by atoms with Crippen molar-refractivity contribution in [3.05, 3.63) is 77.1 Å². The zero-order valence-electron chi connectivity index (χ0n) is 15.4. The van der Waals surface area contributed by atoms with Crippen molar-refractivity contribution >= 4 is 29.0 Å². The van der Waals surface area contributed by atoms with Crippen molar-refractivity contribution < 1.29 is 9.59 Å². The van der Waals surface area contributed by atoms with Crippen LogP contribution in [0.3, 0.4) is 0 Å². The van der Waals surface area contributed by atoms with Gasteiger partial charge in [0, 0.05) is 23.1 Å². The number of amides is 1. The standard InChI is InChI=1S/C21H20N4O2/c1-13-7-8-18(14(2)11-13)24-21-22-10-9-19(25-21)20(27)23-17-6-4-5-16(12-17)15(3)26/h4-12H,1-3H3,(H,23,27)(H,22,24,25). The maximum absolute atomic E-state index is 12.5. The van der Waals surface area contributed by atoms with E-state index in [1.807, 2.05) is 26.0 Å². The highest BCUT2D eigenvalue weighted by molar-refractivity contribution is 6.04. The van der Waals surface area contributed by atoms with Gasteiger partial charge in [-0.05, 0) is 50.6 Å². The lowest BCUT2D eigenvalue weighted by Crippen LogP contribution is -2.15. The number of ketones is 1. The fraction of sp³-hybridized carbons (Fsp3) is 0.143. The minimum Gasteiger partial charge on any atom is -0.324 e. The molecular weight excluding hydrogens is 340 g/mol. The van der Waals surface area contributed by atoms with Crippen LogP contribution in [0.1, 0.15) is 38.9 Å². The molecule has 0 spiro atoms. The molecule has 136 valence electrons. The second kappa shape index (κ2) is 7.78. The third-order valence-corrected chi connectivity index (χ3v) is 4.04. The SMILES string of the molecule is CC(=O)c1cccc(NC(=O)c2ccnc(Nc3ccc(C)cc3C)n2)c1. The molecule has 2 aromatic carbocycles. The molecular formula is C21H20N4O2. The van der Waals surface area contributed by atoms with Gasteiger partial charge in [-0.15, -0.1) is 0 Å². The van der Waals surface area contributed by atoms with E-state index in [-0.39, 0.29) is 17.4 Å². The van der Waals surface area contributed by atoms with Crippen LogP contribution in [0.15, 0.2) is 54.7 Å². The lowest BCUT2D eigenvalue weighted by Gasteiger charge is -2.10. The molecule has 0 bridgehead atoms. The number of carbonyl (C=O) groups is 2. The number of nitrogens with zero attached hydrogens (tertiary/aromatic N) is 2. The zero-order chi connectivity index (χ0) is 19.4. The van der Waals surface area contributed by atoms with Gasteiger partial charge in [0.25, 0.3) is 5.91 Å². The molecule has 0 unspecified atom stereocenters. The van der Waals surface area contributed by atoms with Crippen LogP contribution in [-0.2, 0) is 0 Å². The quantitative estimate of drug-likeness (QED) is 0.663. The Morgan fingerprint density at radius 3 is 2.56 bits per heavy atom. The summed E-state index contributed by atoms with van der Waals surface area (Å²) in [6, 6.07) is 14.3. The molecule has 6 heteroatoms. The molecule has 0 aliphatic heterocycles. The molecule has 27 heavy (non-hydrogen) atoms. The Morgan fingerprint density at radius 1 is 1.00 bits per heavy atom. The van der Waals surface area contributed by atoms with E-state index in [0.29, 0.717) is 17.2 Å². The molecule has 0 atom stereocenters. The maximum atomic E-state index is 12.5. The number of carbonyl (C=O) groups excluding carboxylic acids is 2. The van der Waals surface area contributed by atoms with Gasteiger partial charge in [0.1, 0.15) is 5.69 Å². The van der Waals surface area contributed by atoms with Gasteiger partial charge in [0.05, 0.1) is 0 Å². The molecule has 3 aromatic rings. The summed E-state index contributed by atoms with van der Waals surface area (Å²) in [5.41, 5.74) is 4.41. The van der Waals surface area contributed by atoms with Crippen molar-refractivity contribution in [1.82, 2.24) is 9.97 Å². The van der Waals surface area contributed by atoms with E-state index in [0.717, 1.165) is 11.3 Å². The monoisotopic (exact) mass is 360 g/mol. The number of aryl methyl sites for hydroxylation is 2. The molecule has 3 rings (SSSR count). The van der Waals surface area contributed by atoms with E-state index in [9.17, 15) is 9.59 Å². The van der Waals surface area contributed by atoms with Crippen LogP contribution < -0.4 is 10.6 Å². The first kappa shape index (κ1) is 18.3. The van der Waals surface area contributed by atoms with Crippen LogP contribution in [-0.4, -0.2) is 21.7 Å². The summed E-state index contributed by atoms with van der Waals surface area (Å²) in [5, 5.41) is 5.89. The van der Waals surface area contributed by atoms with Crippen molar-refractivity contribution in [1.29, 1.82) is 0 Å². The maximum Gasteiger partial charge on any atom is 0.274 e. The van der Waals surface area contributed by atoms with Crippen LogP contribution in [0.4, 0.5) is 17.3 Å². The van der Waals surface area contributed by atoms with E-state index in [1.54, 1.807) is 24.3 Å². The van der Waals surface area contributed by atoms with E-state index in [4.69, 9.17) is 0 Å². The average Bonchev–Trinajstić information content (AvgIpc) is 2.64. The topological polar surface area (TPSA) is 84.0 Å². The third kappa shape index (κ3) is 4.55. The van der Waals surface area contributed by atoms with Crippen LogP contribution >= 0.6 is 0 Å². The number of benzene rings is 2. The van der Waals surface area contributed by atoms with E-state index >= 15 is 0 Å². The van der Waals surface area contributed by atoms with Gasteiger partial charge in [0.2, 0.25) is 5.95 Å². The van der Waals surface area contributed by atoms with Crippen LogP contribution in [0.25, 0.3) is 0 Å². The molecule has 1 amide bonds. The largest absolute Gasteiger partial charge is 0.324 e. The Labute approximate surface area is 157 Å². The first-order chi connectivity index (χ1) is 12.9. The molecule has 2 N–H and O–H groups in total. The highest BCUT2D eigenvalue weighted by Crippen LogP contribution is 2.19. The number of anilines is 3. The molecule has 0 radical (unpaired) electrons. The van der Waals surface area contributed by atoms with E-state index in [2.05, 4.69) is 26.7 Å². The lowest BCUT2D eigenvalue weighted by molar-refractivity contribution is 0.100. The lowest BCUT2D eigenvalue weighted by atomic mass is 10.1. The van der Waals surface area contributed by atoms with Gasteiger partial charge >= 0.3 is 0 Å². The van der Waals surface area contributed by atoms with Crippen molar-refractivity contribution in [2.45, 2.75) is 20.8 Å². The predicted octanol–water partition coefficient (Wildman–Crippen LogP) is 4.29. The number of hydrogen-bond acceptors (Lipinski definition) is 5. The number of Topliss-reactive ketones (excluding diaryl/α,β-unsaturated/α-hetero) is 1. The minimum atomic E-state index is -0.373. The number of aromatic nitrogens is 2. The molecule has 6 nitrogen and oxygen atoms in total. The summed E-state index contributed by atoms with van der Waals surface area (Å²) < 4.78 is 0. The molecule has 0 fully saturated rings. The van der Waals surface area contributed by atoms with Crippen LogP contribution in [0.2, 0.25) is 0 Å². The third-order valence-electron chi connectivity index (χ3n) is 4.04. The first-order valence-corrected chi connectivity index (χ1v) is 8.52. The number of hydrogen-bond donors (Lipinski definition) is 2. The normalized spacial score (nSPS) is 10.3. The highest BCUT2D eigenvalue weighted by atomic mass is 16.2. The molecule has 0 saturated heterocycles. The smallest absolute Gasteiger partial charge is 0.274 e. The van der Waals surface area contributed by atoms with Crippen LogP contribution in [0.5, 0.6) is 0 Å². The Morgan fingerprint density at radius 2 is 1.81 bits per heavy atom. The van der Waals surface area contributed by atoms with Gasteiger partial charge in [-0.25, -0.2) is 9.97 Å². The van der Waals surface area contributed by atoms with Crippen molar-refractivity contribution in [3.63, 3.8) is 0 Å². The van der Waals surface area contributed by atoms with Gasteiger partial charge in [-0.1, -0.05) is 29.8 Å². The molecule has 1 aromatic heterocycles. The van der Waals surface area contributed by atoms with E-state index < -0.39 is 0 Å². The Bertz CT molecular complexity index is 1010. The fourth-order valence-corrected chi connectivity index (χ4v) is 2.63. The van der Waals surface area contributed by atoms with Gasteiger partial charge in [0.15, 0.2) is 5.78 Å².